The van der Waals surface area contributed by atoms with Crippen molar-refractivity contribution in [2.45, 2.75) is 31.0 Å². The van der Waals surface area contributed by atoms with Crippen molar-refractivity contribution in [1.82, 2.24) is 9.55 Å². The van der Waals surface area contributed by atoms with E-state index in [4.69, 9.17) is 10.5 Å². The van der Waals surface area contributed by atoms with Gasteiger partial charge >= 0.3 is 0 Å². The average molecular weight is 285 g/mol. The van der Waals surface area contributed by atoms with Gasteiger partial charge in [-0.15, -0.1) is 0 Å². The summed E-state index contributed by atoms with van der Waals surface area (Å²) in [5, 5.41) is 29.0. The molecule has 1 saturated heterocycles. The monoisotopic (exact) mass is 285 g/mol. The van der Waals surface area contributed by atoms with Gasteiger partial charge in [-0.05, 0) is 6.92 Å². The quantitative estimate of drug-likeness (QED) is 0.473. The van der Waals surface area contributed by atoms with Crippen molar-refractivity contribution in [2.24, 2.45) is 5.73 Å². The first-order valence-corrected chi connectivity index (χ1v) is 5.83. The molecule has 0 radical (unpaired) electrons. The highest BCUT2D eigenvalue weighted by Crippen LogP contribution is 2.35. The lowest BCUT2D eigenvalue weighted by Gasteiger charge is -2.24. The van der Waals surface area contributed by atoms with Gasteiger partial charge in [-0.25, -0.2) is 4.98 Å². The van der Waals surface area contributed by atoms with Gasteiger partial charge in [0.05, 0.1) is 6.61 Å². The minimum Gasteiger partial charge on any atom is -0.393 e. The third kappa shape index (κ3) is 2.10. The Hall–Kier alpha value is -1.81. The molecule has 9 heteroatoms. The summed E-state index contributed by atoms with van der Waals surface area (Å²) in [6.07, 6.45) is -1.75. The van der Waals surface area contributed by atoms with E-state index in [1.807, 2.05) is 0 Å². The van der Waals surface area contributed by atoms with Crippen LogP contribution < -0.4 is 11.3 Å². The van der Waals surface area contributed by atoms with Gasteiger partial charge in [-0.1, -0.05) is 0 Å². The highest BCUT2D eigenvalue weighted by atomic mass is 16.6. The molecule has 5 N–H and O–H groups in total. The number of aliphatic hydroxyl groups excluding tert-OH is 3. The molecule has 1 amide bonds. The second-order valence-corrected chi connectivity index (χ2v) is 4.77. The molecule has 1 aromatic rings. The molecule has 4 atom stereocenters. The zero-order valence-corrected chi connectivity index (χ0v) is 10.6. The summed E-state index contributed by atoms with van der Waals surface area (Å²) < 4.78 is 6.26. The molecule has 110 valence electrons. The van der Waals surface area contributed by atoms with Gasteiger partial charge in [0.1, 0.15) is 17.8 Å². The van der Waals surface area contributed by atoms with Crippen LogP contribution in [0.2, 0.25) is 0 Å². The van der Waals surface area contributed by atoms with Crippen molar-refractivity contribution in [2.75, 3.05) is 6.61 Å². The maximum Gasteiger partial charge on any atom is 0.284 e. The van der Waals surface area contributed by atoms with Crippen LogP contribution in [0.1, 0.15) is 23.6 Å². The molecule has 1 aliphatic heterocycles. The predicted octanol–water partition coefficient (Wildman–Crippen LogP) is -2.66. The minimum atomic E-state index is -1.45. The fourth-order valence-electron chi connectivity index (χ4n) is 2.08. The number of nitrogens with zero attached hydrogens (tertiary/aromatic N) is 2. The van der Waals surface area contributed by atoms with Crippen LogP contribution in [-0.4, -0.2) is 55.2 Å². The SMILES string of the molecule is C[C@]1(CO)O[C@@H](n2ccnc(C(N)=O)c2=O)[C@H](O)[C@@H]1O. The Labute approximate surface area is 113 Å². The van der Waals surface area contributed by atoms with E-state index in [1.54, 1.807) is 0 Å². The highest BCUT2D eigenvalue weighted by molar-refractivity contribution is 5.90. The number of aliphatic hydroxyl groups is 3. The standard InChI is InChI=1S/C11H15N3O6/c1-11(4-15)7(17)6(16)10(20-11)14-3-2-13-5(8(12)18)9(14)19/h2-3,6-7,10,15-17H,4H2,1H3,(H2,12,18)/t6-,7+,10-,11-/m1/s1. The smallest absolute Gasteiger partial charge is 0.284 e. The number of hydrogen-bond donors (Lipinski definition) is 4. The molecular weight excluding hydrogens is 270 g/mol. The molecule has 0 spiro atoms. The molecule has 9 nitrogen and oxygen atoms in total. The Balaban J connectivity index is 2.46. The van der Waals surface area contributed by atoms with E-state index < -0.39 is 47.8 Å². The van der Waals surface area contributed by atoms with Crippen LogP contribution in [0.5, 0.6) is 0 Å². The Morgan fingerprint density at radius 3 is 2.75 bits per heavy atom. The van der Waals surface area contributed by atoms with Crippen molar-refractivity contribution in [3.63, 3.8) is 0 Å². The number of rotatable bonds is 3. The Kier molecular flexibility index (Phi) is 3.61. The highest BCUT2D eigenvalue weighted by Gasteiger charge is 2.52. The number of aromatic nitrogens is 2. The number of nitrogens with two attached hydrogens (primary N) is 1. The van der Waals surface area contributed by atoms with E-state index in [2.05, 4.69) is 4.98 Å². The minimum absolute atomic E-state index is 0.504. The van der Waals surface area contributed by atoms with E-state index in [1.165, 1.54) is 13.1 Å². The zero-order valence-electron chi connectivity index (χ0n) is 10.6. The lowest BCUT2D eigenvalue weighted by atomic mass is 9.99. The molecule has 1 fully saturated rings. The molecule has 2 rings (SSSR count). The van der Waals surface area contributed by atoms with Gasteiger partial charge in [-0.2, -0.15) is 0 Å². The Morgan fingerprint density at radius 2 is 2.25 bits per heavy atom. The number of primary amides is 1. The van der Waals surface area contributed by atoms with E-state index in [0.717, 1.165) is 10.8 Å². The van der Waals surface area contributed by atoms with Crippen LogP contribution in [0.4, 0.5) is 0 Å². The van der Waals surface area contributed by atoms with Crippen LogP contribution in [0, 0.1) is 0 Å². The van der Waals surface area contributed by atoms with E-state index in [0.29, 0.717) is 0 Å². The lowest BCUT2D eigenvalue weighted by molar-refractivity contribution is -0.117. The first kappa shape index (κ1) is 14.6. The normalized spacial score (nSPS) is 33.3. The molecule has 0 aromatic carbocycles. The number of hydrogen-bond acceptors (Lipinski definition) is 7. The topological polar surface area (TPSA) is 148 Å². The summed E-state index contributed by atoms with van der Waals surface area (Å²) in [6, 6.07) is 0. The van der Waals surface area contributed by atoms with Gasteiger partial charge in [-0.3, -0.25) is 14.2 Å². The molecule has 2 heterocycles. The molecule has 0 saturated carbocycles. The molecule has 20 heavy (non-hydrogen) atoms. The van der Waals surface area contributed by atoms with Crippen molar-refractivity contribution >= 4 is 5.91 Å². The molecule has 0 bridgehead atoms. The first-order chi connectivity index (χ1) is 9.31. The third-order valence-corrected chi connectivity index (χ3v) is 3.32. The summed E-state index contributed by atoms with van der Waals surface area (Å²) in [5.41, 5.74) is 2.25. The van der Waals surface area contributed by atoms with Gasteiger partial charge in [0, 0.05) is 12.4 Å². The largest absolute Gasteiger partial charge is 0.393 e. The van der Waals surface area contributed by atoms with Gasteiger partial charge in [0.15, 0.2) is 11.9 Å². The van der Waals surface area contributed by atoms with Crippen LogP contribution >= 0.6 is 0 Å². The van der Waals surface area contributed by atoms with Crippen molar-refractivity contribution in [3.8, 4) is 0 Å². The number of carbonyl (C=O) groups excluding carboxylic acids is 1. The maximum atomic E-state index is 12.0. The van der Waals surface area contributed by atoms with Crippen molar-refractivity contribution in [3.05, 3.63) is 28.4 Å². The number of carbonyl (C=O) groups is 1. The van der Waals surface area contributed by atoms with E-state index >= 15 is 0 Å². The van der Waals surface area contributed by atoms with Crippen LogP contribution in [-0.2, 0) is 4.74 Å². The second kappa shape index (κ2) is 4.94. The molecule has 0 aliphatic carbocycles. The van der Waals surface area contributed by atoms with Crippen LogP contribution in [0.3, 0.4) is 0 Å². The summed E-state index contributed by atoms with van der Waals surface area (Å²) in [6.45, 7) is 0.840. The fraction of sp³-hybridized carbons (Fsp3) is 0.545. The Morgan fingerprint density at radius 1 is 1.60 bits per heavy atom. The summed E-state index contributed by atoms with van der Waals surface area (Å²) in [5.74, 6) is -1.01. The summed E-state index contributed by atoms with van der Waals surface area (Å²) >= 11 is 0. The lowest BCUT2D eigenvalue weighted by Crippen LogP contribution is -2.43. The molecular formula is C11H15N3O6. The maximum absolute atomic E-state index is 12.0. The van der Waals surface area contributed by atoms with E-state index in [-0.39, 0.29) is 0 Å². The molecule has 1 aliphatic rings. The van der Waals surface area contributed by atoms with Crippen molar-refractivity contribution in [1.29, 1.82) is 0 Å². The molecule has 0 unspecified atom stereocenters. The van der Waals surface area contributed by atoms with Crippen LogP contribution in [0.15, 0.2) is 17.2 Å². The second-order valence-electron chi connectivity index (χ2n) is 4.77. The van der Waals surface area contributed by atoms with E-state index in [9.17, 15) is 24.9 Å². The summed E-state index contributed by atoms with van der Waals surface area (Å²) in [4.78, 5) is 26.6. The number of ether oxygens (including phenoxy) is 1. The fourth-order valence-corrected chi connectivity index (χ4v) is 2.08. The van der Waals surface area contributed by atoms with Gasteiger partial charge in [0.25, 0.3) is 11.5 Å². The van der Waals surface area contributed by atoms with Gasteiger partial charge < -0.3 is 25.8 Å². The predicted molar refractivity (Wildman–Crippen MR) is 64.6 cm³/mol. The third-order valence-electron chi connectivity index (χ3n) is 3.32. The summed E-state index contributed by atoms with van der Waals surface area (Å²) in [7, 11) is 0. The molecule has 1 aromatic heterocycles. The zero-order chi connectivity index (χ0) is 15.1. The number of amides is 1. The average Bonchev–Trinajstić information content (AvgIpc) is 2.64. The van der Waals surface area contributed by atoms with Crippen molar-refractivity contribution < 1.29 is 24.9 Å². The van der Waals surface area contributed by atoms with Gasteiger partial charge in [0.2, 0.25) is 0 Å². The Bertz CT molecular complexity index is 588. The van der Waals surface area contributed by atoms with Crippen LogP contribution in [0.25, 0.3) is 0 Å². The first-order valence-electron chi connectivity index (χ1n) is 5.83.